The van der Waals surface area contributed by atoms with Crippen molar-refractivity contribution in [3.63, 3.8) is 0 Å². The summed E-state index contributed by atoms with van der Waals surface area (Å²) in [7, 11) is -3.77. The van der Waals surface area contributed by atoms with E-state index in [0.29, 0.717) is 5.92 Å². The molecule has 1 aliphatic rings. The quantitative estimate of drug-likeness (QED) is 0.750. The van der Waals surface area contributed by atoms with Gasteiger partial charge in [0, 0.05) is 6.04 Å². The van der Waals surface area contributed by atoms with Gasteiger partial charge >= 0.3 is 5.97 Å². The molecule has 6 heteroatoms. The number of carboxylic acid groups (broad SMARTS) is 1. The molecule has 2 N–H and O–H groups in total. The predicted octanol–water partition coefficient (Wildman–Crippen LogP) is 1.74. The van der Waals surface area contributed by atoms with Crippen LogP contribution in [-0.2, 0) is 14.8 Å². The lowest BCUT2D eigenvalue weighted by Gasteiger charge is -2.24. The molecule has 0 heterocycles. The molecule has 0 spiro atoms. The maximum Gasteiger partial charge on any atom is 0.323 e. The summed E-state index contributed by atoms with van der Waals surface area (Å²) in [5.74, 6) is -0.987. The Labute approximate surface area is 109 Å². The van der Waals surface area contributed by atoms with Crippen LogP contribution in [0.4, 0.5) is 0 Å². The standard InChI is InChI=1S/C12H23NO4S/c1-9(11-7-5-3-4-6-8-11)13-18(16,17)10(2)12(14)15/h9-11,13H,3-8H2,1-2H3,(H,14,15)/t9-,10?/m1/s1. The fraction of sp³-hybridized carbons (Fsp3) is 0.917. The highest BCUT2D eigenvalue weighted by molar-refractivity contribution is 7.90. The van der Waals surface area contributed by atoms with Crippen LogP contribution in [0.5, 0.6) is 0 Å². The van der Waals surface area contributed by atoms with E-state index in [0.717, 1.165) is 25.7 Å². The molecule has 0 radical (unpaired) electrons. The molecule has 1 unspecified atom stereocenters. The number of hydrogen-bond donors (Lipinski definition) is 2. The third-order valence-corrected chi connectivity index (χ3v) is 5.60. The van der Waals surface area contributed by atoms with E-state index in [1.165, 1.54) is 19.8 Å². The molecule has 0 aromatic rings. The fourth-order valence-electron chi connectivity index (χ4n) is 2.40. The molecule has 0 aromatic carbocycles. The van der Waals surface area contributed by atoms with Gasteiger partial charge in [-0.3, -0.25) is 4.79 Å². The number of hydrogen-bond acceptors (Lipinski definition) is 3. The van der Waals surface area contributed by atoms with Gasteiger partial charge < -0.3 is 5.11 Å². The summed E-state index contributed by atoms with van der Waals surface area (Å²) in [6.07, 6.45) is 6.72. The van der Waals surface area contributed by atoms with Crippen LogP contribution in [-0.4, -0.2) is 30.8 Å². The molecule has 5 nitrogen and oxygen atoms in total. The highest BCUT2D eigenvalue weighted by atomic mass is 32.2. The predicted molar refractivity (Wildman–Crippen MR) is 69.8 cm³/mol. The number of rotatable bonds is 5. The van der Waals surface area contributed by atoms with Crippen LogP contribution in [0, 0.1) is 5.92 Å². The summed E-state index contributed by atoms with van der Waals surface area (Å²) in [6.45, 7) is 3.03. The molecule has 2 atom stereocenters. The normalized spacial score (nSPS) is 22.1. The second kappa shape index (κ2) is 6.52. The van der Waals surface area contributed by atoms with Crippen molar-refractivity contribution in [3.05, 3.63) is 0 Å². The lowest BCUT2D eigenvalue weighted by atomic mass is 9.94. The average Bonchev–Trinajstić information content (AvgIpc) is 2.55. The molecule has 1 fully saturated rings. The molecular formula is C12H23NO4S. The van der Waals surface area contributed by atoms with Crippen molar-refractivity contribution in [2.24, 2.45) is 5.92 Å². The van der Waals surface area contributed by atoms with E-state index >= 15 is 0 Å². The first-order valence-corrected chi connectivity index (χ1v) is 8.13. The summed E-state index contributed by atoms with van der Waals surface area (Å²) in [5, 5.41) is 7.37. The highest BCUT2D eigenvalue weighted by Gasteiger charge is 2.31. The second-order valence-electron chi connectivity index (χ2n) is 5.18. The molecule has 0 amide bonds. The van der Waals surface area contributed by atoms with Crippen molar-refractivity contribution in [1.29, 1.82) is 0 Å². The Morgan fingerprint density at radius 1 is 1.17 bits per heavy atom. The molecule has 0 aliphatic heterocycles. The van der Waals surface area contributed by atoms with Crippen LogP contribution >= 0.6 is 0 Å². The number of sulfonamides is 1. The Morgan fingerprint density at radius 2 is 1.67 bits per heavy atom. The smallest absolute Gasteiger partial charge is 0.323 e. The Hall–Kier alpha value is -0.620. The first-order valence-electron chi connectivity index (χ1n) is 6.58. The Kier molecular flexibility index (Phi) is 5.59. The third-order valence-electron chi connectivity index (χ3n) is 3.77. The van der Waals surface area contributed by atoms with Gasteiger partial charge in [0.15, 0.2) is 5.25 Å². The van der Waals surface area contributed by atoms with Crippen LogP contribution in [0.1, 0.15) is 52.4 Å². The molecule has 1 rings (SSSR count). The molecule has 18 heavy (non-hydrogen) atoms. The van der Waals surface area contributed by atoms with Gasteiger partial charge in [0.1, 0.15) is 0 Å². The first-order chi connectivity index (χ1) is 8.34. The van der Waals surface area contributed by atoms with Crippen LogP contribution in [0.25, 0.3) is 0 Å². The van der Waals surface area contributed by atoms with Gasteiger partial charge in [-0.05, 0) is 32.6 Å². The minimum absolute atomic E-state index is 0.185. The summed E-state index contributed by atoms with van der Waals surface area (Å²) < 4.78 is 26.2. The van der Waals surface area contributed by atoms with Crippen molar-refractivity contribution in [1.82, 2.24) is 4.72 Å². The first kappa shape index (κ1) is 15.4. The number of carbonyl (C=O) groups is 1. The molecular weight excluding hydrogens is 254 g/mol. The van der Waals surface area contributed by atoms with E-state index in [4.69, 9.17) is 5.11 Å². The largest absolute Gasteiger partial charge is 0.480 e. The van der Waals surface area contributed by atoms with Gasteiger partial charge in [0.05, 0.1) is 0 Å². The van der Waals surface area contributed by atoms with E-state index < -0.39 is 21.2 Å². The SMILES string of the molecule is CC(C(=O)O)S(=O)(=O)N[C@H](C)C1CCCCCC1. The van der Waals surface area contributed by atoms with Gasteiger partial charge in [-0.1, -0.05) is 25.7 Å². The van der Waals surface area contributed by atoms with Crippen molar-refractivity contribution >= 4 is 16.0 Å². The zero-order valence-corrected chi connectivity index (χ0v) is 11.9. The highest BCUT2D eigenvalue weighted by Crippen LogP contribution is 2.25. The molecule has 1 aliphatic carbocycles. The van der Waals surface area contributed by atoms with Crippen LogP contribution in [0.3, 0.4) is 0 Å². The van der Waals surface area contributed by atoms with Crippen molar-refractivity contribution in [2.75, 3.05) is 0 Å². The lowest BCUT2D eigenvalue weighted by Crippen LogP contribution is -2.44. The minimum atomic E-state index is -3.77. The molecule has 106 valence electrons. The lowest BCUT2D eigenvalue weighted by molar-refractivity contribution is -0.136. The second-order valence-corrected chi connectivity index (χ2v) is 7.22. The zero-order chi connectivity index (χ0) is 13.8. The van der Waals surface area contributed by atoms with Gasteiger partial charge in [0.2, 0.25) is 10.0 Å². The van der Waals surface area contributed by atoms with E-state index in [2.05, 4.69) is 4.72 Å². The molecule has 0 aromatic heterocycles. The third kappa shape index (κ3) is 4.24. The van der Waals surface area contributed by atoms with Crippen molar-refractivity contribution < 1.29 is 18.3 Å². The Bertz CT molecular complexity index is 372. The fourth-order valence-corrected chi connectivity index (χ4v) is 3.58. The van der Waals surface area contributed by atoms with E-state index in [1.807, 2.05) is 6.92 Å². The number of nitrogens with one attached hydrogen (secondary N) is 1. The number of aliphatic carboxylic acids is 1. The van der Waals surface area contributed by atoms with Crippen LogP contribution < -0.4 is 4.72 Å². The summed E-state index contributed by atoms with van der Waals surface area (Å²) in [5.41, 5.74) is 0. The van der Waals surface area contributed by atoms with Crippen molar-refractivity contribution in [2.45, 2.75) is 63.7 Å². The summed E-state index contributed by atoms with van der Waals surface area (Å²) in [6, 6.07) is -0.185. The maximum atomic E-state index is 11.8. The van der Waals surface area contributed by atoms with Crippen LogP contribution in [0.2, 0.25) is 0 Å². The van der Waals surface area contributed by atoms with Gasteiger partial charge in [-0.15, -0.1) is 0 Å². The summed E-state index contributed by atoms with van der Waals surface area (Å²) in [4.78, 5) is 10.7. The minimum Gasteiger partial charge on any atom is -0.480 e. The van der Waals surface area contributed by atoms with E-state index in [-0.39, 0.29) is 6.04 Å². The maximum absolute atomic E-state index is 11.8. The Balaban J connectivity index is 2.62. The summed E-state index contributed by atoms with van der Waals surface area (Å²) >= 11 is 0. The molecule has 1 saturated carbocycles. The molecule has 0 bridgehead atoms. The topological polar surface area (TPSA) is 83.5 Å². The molecule has 0 saturated heterocycles. The average molecular weight is 277 g/mol. The van der Waals surface area contributed by atoms with Gasteiger partial charge in [-0.2, -0.15) is 0 Å². The van der Waals surface area contributed by atoms with Gasteiger partial charge in [-0.25, -0.2) is 13.1 Å². The van der Waals surface area contributed by atoms with E-state index in [1.54, 1.807) is 0 Å². The van der Waals surface area contributed by atoms with Gasteiger partial charge in [0.25, 0.3) is 0 Å². The Morgan fingerprint density at radius 3 is 2.11 bits per heavy atom. The van der Waals surface area contributed by atoms with Crippen LogP contribution in [0.15, 0.2) is 0 Å². The van der Waals surface area contributed by atoms with E-state index in [9.17, 15) is 13.2 Å². The zero-order valence-electron chi connectivity index (χ0n) is 11.1. The van der Waals surface area contributed by atoms with Crippen molar-refractivity contribution in [3.8, 4) is 0 Å². The number of carboxylic acids is 1. The monoisotopic (exact) mass is 277 g/mol.